The van der Waals surface area contributed by atoms with Crippen LogP contribution in [0.5, 0.6) is 0 Å². The van der Waals surface area contributed by atoms with Crippen LogP contribution in [0.1, 0.15) is 21.5 Å². The normalized spacial score (nSPS) is 14.2. The third kappa shape index (κ3) is 7.17. The van der Waals surface area contributed by atoms with Crippen LogP contribution in [0.3, 0.4) is 0 Å². The van der Waals surface area contributed by atoms with E-state index in [1.54, 1.807) is 18.6 Å². The molecule has 1 aliphatic heterocycles. The summed E-state index contributed by atoms with van der Waals surface area (Å²) in [6.45, 7) is 7.97. The third-order valence-corrected chi connectivity index (χ3v) is 7.01. The molecular weight excluding hydrogens is 510 g/mol. The Bertz CT molecular complexity index is 1390. The molecule has 2 N–H and O–H groups in total. The number of rotatable bonds is 9. The summed E-state index contributed by atoms with van der Waals surface area (Å²) in [6.07, 6.45) is 5.21. The number of piperazine rings is 1. The van der Waals surface area contributed by atoms with Crippen LogP contribution in [0, 0.1) is 6.92 Å². The Labute approximate surface area is 234 Å². The molecule has 39 heavy (non-hydrogen) atoms. The van der Waals surface area contributed by atoms with Gasteiger partial charge >= 0.3 is 0 Å². The molecular formula is C30H32ClN7O. The molecule has 0 bridgehead atoms. The summed E-state index contributed by atoms with van der Waals surface area (Å²) < 4.78 is 0. The quantitative estimate of drug-likeness (QED) is 0.282. The molecule has 3 heterocycles. The highest BCUT2D eigenvalue weighted by molar-refractivity contribution is 6.18. The molecule has 8 nitrogen and oxygen atoms in total. The molecule has 1 amide bonds. The van der Waals surface area contributed by atoms with Crippen LogP contribution in [0.4, 0.5) is 17.3 Å². The second-order valence-electron chi connectivity index (χ2n) is 9.62. The molecule has 1 fully saturated rings. The van der Waals surface area contributed by atoms with Gasteiger partial charge in [0.1, 0.15) is 0 Å². The van der Waals surface area contributed by atoms with Crippen molar-refractivity contribution >= 4 is 34.8 Å². The fraction of sp³-hybridized carbons (Fsp3) is 0.267. The van der Waals surface area contributed by atoms with Gasteiger partial charge in [-0.05, 0) is 60.5 Å². The summed E-state index contributed by atoms with van der Waals surface area (Å²) >= 11 is 5.87. The van der Waals surface area contributed by atoms with E-state index in [2.05, 4.69) is 35.4 Å². The van der Waals surface area contributed by atoms with Gasteiger partial charge in [0.2, 0.25) is 5.95 Å². The predicted molar refractivity (Wildman–Crippen MR) is 157 cm³/mol. The lowest BCUT2D eigenvalue weighted by atomic mass is 10.1. The lowest BCUT2D eigenvalue weighted by molar-refractivity contribution is 0.102. The van der Waals surface area contributed by atoms with Gasteiger partial charge in [-0.25, -0.2) is 9.97 Å². The number of benzene rings is 2. The van der Waals surface area contributed by atoms with Crippen molar-refractivity contribution in [2.24, 2.45) is 0 Å². The average Bonchev–Trinajstić information content (AvgIpc) is 2.97. The summed E-state index contributed by atoms with van der Waals surface area (Å²) in [5, 5.41) is 6.30. The second kappa shape index (κ2) is 12.8. The lowest BCUT2D eigenvalue weighted by Gasteiger charge is -2.34. The van der Waals surface area contributed by atoms with Crippen LogP contribution in [0.15, 0.2) is 79.3 Å². The summed E-state index contributed by atoms with van der Waals surface area (Å²) in [4.78, 5) is 31.0. The van der Waals surface area contributed by atoms with E-state index < -0.39 is 0 Å². The molecule has 4 aromatic rings. The minimum atomic E-state index is -0.152. The number of nitrogens with one attached hydrogen (secondary N) is 2. The van der Waals surface area contributed by atoms with Crippen molar-refractivity contribution in [3.8, 4) is 11.3 Å². The van der Waals surface area contributed by atoms with Gasteiger partial charge in [0.25, 0.3) is 5.91 Å². The Morgan fingerprint density at radius 1 is 0.974 bits per heavy atom. The van der Waals surface area contributed by atoms with Gasteiger partial charge in [-0.3, -0.25) is 19.6 Å². The first kappa shape index (κ1) is 26.7. The van der Waals surface area contributed by atoms with E-state index >= 15 is 0 Å². The fourth-order valence-electron chi connectivity index (χ4n) is 4.56. The van der Waals surface area contributed by atoms with Gasteiger partial charge in [0, 0.05) is 86.2 Å². The molecule has 5 rings (SSSR count). The number of carbonyl (C=O) groups excluding carboxylic acids is 1. The Balaban J connectivity index is 1.20. The first-order valence-electron chi connectivity index (χ1n) is 13.1. The summed E-state index contributed by atoms with van der Waals surface area (Å²) in [5.41, 5.74) is 6.03. The predicted octanol–water partition coefficient (Wildman–Crippen LogP) is 5.20. The number of carbonyl (C=O) groups is 1. The number of halogens is 1. The number of nitrogens with zero attached hydrogens (tertiary/aromatic N) is 5. The van der Waals surface area contributed by atoms with Crippen molar-refractivity contribution in [3.05, 3.63) is 95.9 Å². The molecule has 0 saturated carbocycles. The van der Waals surface area contributed by atoms with Crippen LogP contribution in [0.2, 0.25) is 0 Å². The molecule has 1 aliphatic rings. The van der Waals surface area contributed by atoms with E-state index in [0.29, 0.717) is 23.1 Å². The van der Waals surface area contributed by atoms with Crippen LogP contribution in [0.25, 0.3) is 11.3 Å². The second-order valence-corrected chi connectivity index (χ2v) is 10.00. The number of amides is 1. The van der Waals surface area contributed by atoms with Gasteiger partial charge in [0.15, 0.2) is 0 Å². The van der Waals surface area contributed by atoms with Gasteiger partial charge < -0.3 is 10.6 Å². The van der Waals surface area contributed by atoms with E-state index in [0.717, 1.165) is 61.8 Å². The minimum absolute atomic E-state index is 0.152. The van der Waals surface area contributed by atoms with Gasteiger partial charge in [-0.1, -0.05) is 18.2 Å². The average molecular weight is 542 g/mol. The zero-order valence-corrected chi connectivity index (χ0v) is 22.7. The van der Waals surface area contributed by atoms with E-state index in [1.165, 1.54) is 5.56 Å². The van der Waals surface area contributed by atoms with Gasteiger partial charge in [-0.15, -0.1) is 11.6 Å². The van der Waals surface area contributed by atoms with Crippen molar-refractivity contribution in [1.29, 1.82) is 0 Å². The SMILES string of the molecule is Cc1ccc(NC(=O)c2ccc(CN3CCN(CCCl)CC3)cc2)cc1Nc1nccc(-c2cccnc2)n1. The molecule has 200 valence electrons. The number of aryl methyl sites for hydroxylation is 1. The maximum absolute atomic E-state index is 13.0. The van der Waals surface area contributed by atoms with Crippen LogP contribution >= 0.6 is 11.6 Å². The Hall–Kier alpha value is -3.85. The van der Waals surface area contributed by atoms with Crippen molar-refractivity contribution in [3.63, 3.8) is 0 Å². The zero-order valence-electron chi connectivity index (χ0n) is 22.0. The van der Waals surface area contributed by atoms with Crippen LogP contribution < -0.4 is 10.6 Å². The standard InChI is InChI=1S/C30H32ClN7O/c1-22-4-9-26(19-28(22)36-30-33-13-10-27(35-30)25-3-2-12-32-20-25)34-29(39)24-7-5-23(6-8-24)21-38-17-15-37(14-11-31)16-18-38/h2-10,12-13,19-20H,11,14-18,21H2,1H3,(H,34,39)(H,33,35,36). The van der Waals surface area contributed by atoms with Crippen molar-refractivity contribution in [1.82, 2.24) is 24.8 Å². The monoisotopic (exact) mass is 541 g/mol. The lowest BCUT2D eigenvalue weighted by Crippen LogP contribution is -2.46. The third-order valence-electron chi connectivity index (χ3n) is 6.84. The first-order chi connectivity index (χ1) is 19.1. The maximum atomic E-state index is 13.0. The van der Waals surface area contributed by atoms with Crippen molar-refractivity contribution in [2.45, 2.75) is 13.5 Å². The molecule has 0 radical (unpaired) electrons. The maximum Gasteiger partial charge on any atom is 0.255 e. The van der Waals surface area contributed by atoms with Crippen LogP contribution in [-0.4, -0.2) is 69.3 Å². The number of aromatic nitrogens is 3. The van der Waals surface area contributed by atoms with E-state index in [9.17, 15) is 4.79 Å². The van der Waals surface area contributed by atoms with E-state index in [4.69, 9.17) is 11.6 Å². The first-order valence-corrected chi connectivity index (χ1v) is 13.6. The highest BCUT2D eigenvalue weighted by Gasteiger charge is 2.16. The van der Waals surface area contributed by atoms with Gasteiger partial charge in [0.05, 0.1) is 5.69 Å². The topological polar surface area (TPSA) is 86.3 Å². The number of anilines is 3. The van der Waals surface area contributed by atoms with E-state index in [-0.39, 0.29) is 5.91 Å². The number of hydrogen-bond donors (Lipinski definition) is 2. The Morgan fingerprint density at radius 2 is 1.77 bits per heavy atom. The Kier molecular flexibility index (Phi) is 8.78. The highest BCUT2D eigenvalue weighted by atomic mass is 35.5. The molecule has 1 saturated heterocycles. The minimum Gasteiger partial charge on any atom is -0.324 e. The van der Waals surface area contributed by atoms with Crippen LogP contribution in [-0.2, 0) is 6.54 Å². The number of pyridine rings is 1. The smallest absolute Gasteiger partial charge is 0.255 e. The zero-order chi connectivity index (χ0) is 27.0. The van der Waals surface area contributed by atoms with Crippen molar-refractivity contribution < 1.29 is 4.79 Å². The van der Waals surface area contributed by atoms with Gasteiger partial charge in [-0.2, -0.15) is 0 Å². The molecule has 0 unspecified atom stereocenters. The number of alkyl halides is 1. The molecule has 0 spiro atoms. The largest absolute Gasteiger partial charge is 0.324 e. The molecule has 2 aromatic heterocycles. The molecule has 9 heteroatoms. The Morgan fingerprint density at radius 3 is 2.51 bits per heavy atom. The summed E-state index contributed by atoms with van der Waals surface area (Å²) in [7, 11) is 0. The number of hydrogen-bond acceptors (Lipinski definition) is 7. The molecule has 0 atom stereocenters. The molecule has 2 aromatic carbocycles. The fourth-order valence-corrected chi connectivity index (χ4v) is 4.80. The molecule has 0 aliphatic carbocycles. The summed E-state index contributed by atoms with van der Waals surface area (Å²) in [5.74, 6) is 0.999. The van der Waals surface area contributed by atoms with E-state index in [1.807, 2.05) is 67.6 Å². The highest BCUT2D eigenvalue weighted by Crippen LogP contribution is 2.25. The summed E-state index contributed by atoms with van der Waals surface area (Å²) in [6, 6.07) is 19.3. The van der Waals surface area contributed by atoms with Crippen molar-refractivity contribution in [2.75, 3.05) is 49.2 Å².